The van der Waals surface area contributed by atoms with Crippen LogP contribution in [0.5, 0.6) is 0 Å². The molecule has 0 aromatic heterocycles. The van der Waals surface area contributed by atoms with E-state index in [-0.39, 0.29) is 18.1 Å². The van der Waals surface area contributed by atoms with Crippen LogP contribution in [-0.2, 0) is 9.53 Å². The summed E-state index contributed by atoms with van der Waals surface area (Å²) in [7, 11) is 0. The zero-order valence-electron chi connectivity index (χ0n) is 8.82. The first-order chi connectivity index (χ1) is 6.63. The summed E-state index contributed by atoms with van der Waals surface area (Å²) in [5.41, 5.74) is 2.15. The van der Waals surface area contributed by atoms with Crippen LogP contribution < -0.4 is 11.3 Å². The minimum atomic E-state index is -0.114. The quantitative estimate of drug-likeness (QED) is 0.366. The van der Waals surface area contributed by atoms with E-state index in [4.69, 9.17) is 10.6 Å². The Balaban J connectivity index is 2.35. The van der Waals surface area contributed by atoms with Crippen molar-refractivity contribution in [2.45, 2.75) is 32.4 Å². The van der Waals surface area contributed by atoms with E-state index in [1.165, 1.54) is 0 Å². The van der Waals surface area contributed by atoms with Crippen LogP contribution in [0, 0.1) is 0 Å². The van der Waals surface area contributed by atoms with Crippen molar-refractivity contribution in [3.8, 4) is 0 Å². The Labute approximate surface area is 84.5 Å². The lowest BCUT2D eigenvalue weighted by atomic mass is 10.1. The highest BCUT2D eigenvalue weighted by atomic mass is 16.5. The molecule has 0 spiro atoms. The highest BCUT2D eigenvalue weighted by Crippen LogP contribution is 2.10. The molecule has 0 aromatic carbocycles. The Bertz CT molecular complexity index is 198. The number of hydrazine groups is 1. The average Bonchev–Trinajstić information content (AvgIpc) is 2.17. The molecule has 2 unspecified atom stereocenters. The van der Waals surface area contributed by atoms with Crippen molar-refractivity contribution < 1.29 is 9.53 Å². The fraction of sp³-hybridized carbons (Fsp3) is 0.889. The molecule has 2 atom stereocenters. The minimum Gasteiger partial charge on any atom is -0.376 e. The second-order valence-electron chi connectivity index (χ2n) is 3.80. The van der Waals surface area contributed by atoms with Gasteiger partial charge >= 0.3 is 0 Å². The fourth-order valence-corrected chi connectivity index (χ4v) is 1.70. The number of hydrogen-bond donors (Lipinski definition) is 2. The monoisotopic (exact) mass is 201 g/mol. The second-order valence-corrected chi connectivity index (χ2v) is 3.80. The predicted octanol–water partition coefficient (Wildman–Crippen LogP) is -0.524. The van der Waals surface area contributed by atoms with E-state index in [0.29, 0.717) is 6.42 Å². The largest absolute Gasteiger partial charge is 0.376 e. The number of nitrogens with zero attached hydrogens (tertiary/aromatic N) is 1. The molecule has 14 heavy (non-hydrogen) atoms. The third-order valence-corrected chi connectivity index (χ3v) is 2.54. The van der Waals surface area contributed by atoms with Crippen molar-refractivity contribution in [3.05, 3.63) is 0 Å². The van der Waals surface area contributed by atoms with Gasteiger partial charge in [0.1, 0.15) is 0 Å². The molecule has 3 N–H and O–H groups in total. The number of nitrogens with one attached hydrogen (secondary N) is 1. The third-order valence-electron chi connectivity index (χ3n) is 2.54. The van der Waals surface area contributed by atoms with Crippen LogP contribution in [0.3, 0.4) is 0 Å². The van der Waals surface area contributed by atoms with Gasteiger partial charge in [-0.3, -0.25) is 15.1 Å². The molecule has 0 bridgehead atoms. The van der Waals surface area contributed by atoms with Crippen molar-refractivity contribution in [2.24, 2.45) is 5.84 Å². The molecular weight excluding hydrogens is 182 g/mol. The molecule has 1 aliphatic rings. The zero-order chi connectivity index (χ0) is 10.6. The molecule has 5 heteroatoms. The van der Waals surface area contributed by atoms with Crippen molar-refractivity contribution in [1.29, 1.82) is 0 Å². The maximum Gasteiger partial charge on any atom is 0.235 e. The molecule has 1 saturated heterocycles. The first-order valence-corrected chi connectivity index (χ1v) is 4.98. The summed E-state index contributed by atoms with van der Waals surface area (Å²) in [6, 6.07) is 0.227. The van der Waals surface area contributed by atoms with Crippen molar-refractivity contribution >= 4 is 5.91 Å². The molecular formula is C9H19N3O2. The predicted molar refractivity (Wildman–Crippen MR) is 53.4 cm³/mol. The molecule has 1 aliphatic heterocycles. The SMILES string of the molecule is CC1CN(C(C)CC(=O)NN)CCO1. The summed E-state index contributed by atoms with van der Waals surface area (Å²) < 4.78 is 5.42. The molecule has 1 fully saturated rings. The number of carbonyl (C=O) groups is 1. The van der Waals surface area contributed by atoms with Gasteiger partial charge < -0.3 is 4.74 Å². The zero-order valence-corrected chi connectivity index (χ0v) is 8.82. The fourth-order valence-electron chi connectivity index (χ4n) is 1.70. The van der Waals surface area contributed by atoms with Gasteiger partial charge in [-0.05, 0) is 13.8 Å². The highest BCUT2D eigenvalue weighted by Gasteiger charge is 2.22. The van der Waals surface area contributed by atoms with E-state index in [9.17, 15) is 4.79 Å². The van der Waals surface area contributed by atoms with Crippen LogP contribution in [-0.4, -0.2) is 42.6 Å². The van der Waals surface area contributed by atoms with Gasteiger partial charge in [-0.25, -0.2) is 5.84 Å². The second kappa shape index (κ2) is 5.29. The van der Waals surface area contributed by atoms with E-state index in [0.717, 1.165) is 19.7 Å². The maximum atomic E-state index is 11.1. The van der Waals surface area contributed by atoms with Gasteiger partial charge in [-0.1, -0.05) is 0 Å². The standard InChI is InChI=1S/C9H19N3O2/c1-7(5-9(13)11-10)12-3-4-14-8(2)6-12/h7-8H,3-6,10H2,1-2H3,(H,11,13). The molecule has 5 nitrogen and oxygen atoms in total. The highest BCUT2D eigenvalue weighted by molar-refractivity contribution is 5.75. The van der Waals surface area contributed by atoms with Crippen molar-refractivity contribution in [1.82, 2.24) is 10.3 Å². The molecule has 1 heterocycles. The van der Waals surface area contributed by atoms with E-state index < -0.39 is 0 Å². The Hall–Kier alpha value is -0.650. The molecule has 0 radical (unpaired) electrons. The Kier molecular flexibility index (Phi) is 4.31. The van der Waals surface area contributed by atoms with Crippen molar-refractivity contribution in [2.75, 3.05) is 19.7 Å². The molecule has 1 amide bonds. The molecule has 1 rings (SSSR count). The van der Waals surface area contributed by atoms with Gasteiger partial charge in [-0.15, -0.1) is 0 Å². The molecule has 0 aliphatic carbocycles. The van der Waals surface area contributed by atoms with Gasteiger partial charge in [0.25, 0.3) is 0 Å². The number of amides is 1. The number of nitrogens with two attached hydrogens (primary N) is 1. The average molecular weight is 201 g/mol. The summed E-state index contributed by atoms with van der Waals surface area (Å²) in [5, 5.41) is 0. The molecule has 0 aromatic rings. The summed E-state index contributed by atoms with van der Waals surface area (Å²) in [5.74, 6) is 4.92. The van der Waals surface area contributed by atoms with Gasteiger partial charge in [0, 0.05) is 25.6 Å². The van der Waals surface area contributed by atoms with Gasteiger partial charge in [0.2, 0.25) is 5.91 Å². The minimum absolute atomic E-state index is 0.114. The Morgan fingerprint density at radius 1 is 1.79 bits per heavy atom. The Morgan fingerprint density at radius 3 is 3.07 bits per heavy atom. The summed E-state index contributed by atoms with van der Waals surface area (Å²) >= 11 is 0. The lowest BCUT2D eigenvalue weighted by Crippen LogP contribution is -2.47. The van der Waals surface area contributed by atoms with Crippen LogP contribution in [0.25, 0.3) is 0 Å². The van der Waals surface area contributed by atoms with Crippen LogP contribution >= 0.6 is 0 Å². The topological polar surface area (TPSA) is 67.6 Å². The first kappa shape index (κ1) is 11.4. The number of morpholine rings is 1. The van der Waals surface area contributed by atoms with Gasteiger partial charge in [0.05, 0.1) is 12.7 Å². The van der Waals surface area contributed by atoms with Crippen LogP contribution in [0.1, 0.15) is 20.3 Å². The van der Waals surface area contributed by atoms with Gasteiger partial charge in [0.15, 0.2) is 0 Å². The summed E-state index contributed by atoms with van der Waals surface area (Å²) in [4.78, 5) is 13.3. The van der Waals surface area contributed by atoms with Crippen LogP contribution in [0.2, 0.25) is 0 Å². The summed E-state index contributed by atoms with van der Waals surface area (Å²) in [6.07, 6.45) is 0.704. The molecule has 82 valence electrons. The van der Waals surface area contributed by atoms with E-state index in [2.05, 4.69) is 10.3 Å². The first-order valence-electron chi connectivity index (χ1n) is 4.98. The number of ether oxygens (including phenoxy) is 1. The number of hydrogen-bond acceptors (Lipinski definition) is 4. The van der Waals surface area contributed by atoms with Crippen molar-refractivity contribution in [3.63, 3.8) is 0 Å². The van der Waals surface area contributed by atoms with Crippen LogP contribution in [0.4, 0.5) is 0 Å². The van der Waals surface area contributed by atoms with Gasteiger partial charge in [-0.2, -0.15) is 0 Å². The Morgan fingerprint density at radius 2 is 2.50 bits per heavy atom. The van der Waals surface area contributed by atoms with E-state index in [1.54, 1.807) is 0 Å². The van der Waals surface area contributed by atoms with E-state index >= 15 is 0 Å². The lowest BCUT2D eigenvalue weighted by molar-refractivity contribution is -0.123. The number of carbonyl (C=O) groups excluding carboxylic acids is 1. The smallest absolute Gasteiger partial charge is 0.235 e. The maximum absolute atomic E-state index is 11.1. The third kappa shape index (κ3) is 3.25. The normalized spacial score (nSPS) is 25.8. The molecule has 0 saturated carbocycles. The number of rotatable bonds is 3. The summed E-state index contributed by atoms with van der Waals surface area (Å²) in [6.45, 7) is 6.60. The lowest BCUT2D eigenvalue weighted by Gasteiger charge is -2.35. The van der Waals surface area contributed by atoms with E-state index in [1.807, 2.05) is 13.8 Å². The van der Waals surface area contributed by atoms with Crippen LogP contribution in [0.15, 0.2) is 0 Å².